The molecule has 0 aliphatic carbocycles. The molecule has 124 valence electrons. The molecular weight excluding hydrogens is 266 g/mol. The van der Waals surface area contributed by atoms with E-state index in [2.05, 4.69) is 19.2 Å². The van der Waals surface area contributed by atoms with Gasteiger partial charge in [0.15, 0.2) is 0 Å². The van der Waals surface area contributed by atoms with Crippen molar-refractivity contribution in [2.45, 2.75) is 84.5 Å². The van der Waals surface area contributed by atoms with Crippen LogP contribution in [0.3, 0.4) is 0 Å². The van der Waals surface area contributed by atoms with Crippen molar-refractivity contribution in [1.82, 2.24) is 5.32 Å². The summed E-state index contributed by atoms with van der Waals surface area (Å²) < 4.78 is 0. The van der Waals surface area contributed by atoms with Gasteiger partial charge in [-0.1, -0.05) is 65.2 Å². The van der Waals surface area contributed by atoms with Gasteiger partial charge in [-0.3, -0.25) is 9.59 Å². The van der Waals surface area contributed by atoms with Crippen LogP contribution >= 0.6 is 0 Å². The van der Waals surface area contributed by atoms with E-state index in [4.69, 9.17) is 5.11 Å². The van der Waals surface area contributed by atoms with E-state index in [0.717, 1.165) is 12.8 Å². The lowest BCUT2D eigenvalue weighted by molar-refractivity contribution is -0.138. The van der Waals surface area contributed by atoms with Crippen molar-refractivity contribution in [3.05, 3.63) is 0 Å². The molecule has 0 spiro atoms. The molecule has 0 aromatic rings. The van der Waals surface area contributed by atoms with Crippen LogP contribution in [-0.2, 0) is 9.59 Å². The normalized spacial score (nSPS) is 10.8. The summed E-state index contributed by atoms with van der Waals surface area (Å²) in [7, 11) is 0. The summed E-state index contributed by atoms with van der Waals surface area (Å²) in [6.07, 6.45) is 12.4. The van der Waals surface area contributed by atoms with E-state index >= 15 is 0 Å². The van der Waals surface area contributed by atoms with Crippen LogP contribution in [0.15, 0.2) is 0 Å². The number of carboxylic acids is 1. The molecule has 0 atom stereocenters. The lowest BCUT2D eigenvalue weighted by atomic mass is 9.91. The molecule has 0 saturated carbocycles. The van der Waals surface area contributed by atoms with Crippen molar-refractivity contribution in [3.8, 4) is 0 Å². The van der Waals surface area contributed by atoms with Crippen LogP contribution in [0, 0.1) is 5.92 Å². The van der Waals surface area contributed by atoms with Gasteiger partial charge >= 0.3 is 5.97 Å². The predicted octanol–water partition coefficient (Wildman–Crippen LogP) is 4.13. The maximum atomic E-state index is 11.8. The van der Waals surface area contributed by atoms with Gasteiger partial charge in [-0.25, -0.2) is 0 Å². The van der Waals surface area contributed by atoms with E-state index in [0.29, 0.717) is 12.3 Å². The Hall–Kier alpha value is -1.06. The summed E-state index contributed by atoms with van der Waals surface area (Å²) in [5.74, 6) is -0.688. The second kappa shape index (κ2) is 13.9. The number of carbonyl (C=O) groups is 2. The first-order valence-corrected chi connectivity index (χ1v) is 8.58. The summed E-state index contributed by atoms with van der Waals surface area (Å²) in [5.41, 5.74) is 0. The predicted molar refractivity (Wildman–Crippen MR) is 86.3 cm³/mol. The minimum Gasteiger partial charge on any atom is -0.480 e. The number of aliphatic carboxylic acids is 1. The highest BCUT2D eigenvalue weighted by molar-refractivity contribution is 5.81. The molecule has 0 aromatic heterocycles. The van der Waals surface area contributed by atoms with Crippen LogP contribution < -0.4 is 5.32 Å². The van der Waals surface area contributed by atoms with Gasteiger partial charge in [-0.05, 0) is 18.8 Å². The molecule has 0 saturated heterocycles. The zero-order valence-electron chi connectivity index (χ0n) is 13.8. The fourth-order valence-corrected chi connectivity index (χ4v) is 2.58. The molecule has 0 heterocycles. The highest BCUT2D eigenvalue weighted by atomic mass is 16.4. The Morgan fingerprint density at radius 1 is 0.905 bits per heavy atom. The number of nitrogens with one attached hydrogen (secondary N) is 1. The third-order valence-electron chi connectivity index (χ3n) is 3.84. The molecule has 21 heavy (non-hydrogen) atoms. The van der Waals surface area contributed by atoms with E-state index in [9.17, 15) is 9.59 Å². The average Bonchev–Trinajstić information content (AvgIpc) is 2.45. The molecular formula is C17H33NO3. The summed E-state index contributed by atoms with van der Waals surface area (Å²) >= 11 is 0. The van der Waals surface area contributed by atoms with Crippen molar-refractivity contribution in [3.63, 3.8) is 0 Å². The minimum absolute atomic E-state index is 0.117. The van der Waals surface area contributed by atoms with E-state index in [1.54, 1.807) is 0 Å². The smallest absolute Gasteiger partial charge is 0.322 e. The number of carboxylic acid groups (broad SMARTS) is 1. The molecule has 1 amide bonds. The number of hydrogen-bond acceptors (Lipinski definition) is 2. The SMILES string of the molecule is CCCCCCC(CCCCCC)CC(=O)NCC(=O)O. The lowest BCUT2D eigenvalue weighted by Crippen LogP contribution is -2.30. The van der Waals surface area contributed by atoms with E-state index in [1.807, 2.05) is 0 Å². The van der Waals surface area contributed by atoms with Crippen LogP contribution in [-0.4, -0.2) is 23.5 Å². The van der Waals surface area contributed by atoms with Gasteiger partial charge in [0.05, 0.1) is 0 Å². The van der Waals surface area contributed by atoms with Crippen molar-refractivity contribution < 1.29 is 14.7 Å². The first-order valence-electron chi connectivity index (χ1n) is 8.58. The first-order chi connectivity index (χ1) is 10.1. The largest absolute Gasteiger partial charge is 0.480 e. The molecule has 0 bridgehead atoms. The molecule has 0 rings (SSSR count). The van der Waals surface area contributed by atoms with E-state index in [1.165, 1.54) is 51.4 Å². The molecule has 4 heteroatoms. The molecule has 0 aliphatic rings. The van der Waals surface area contributed by atoms with Crippen LogP contribution in [0.5, 0.6) is 0 Å². The van der Waals surface area contributed by atoms with Crippen LogP contribution in [0.25, 0.3) is 0 Å². The average molecular weight is 299 g/mol. The second-order valence-corrected chi connectivity index (χ2v) is 5.94. The topological polar surface area (TPSA) is 66.4 Å². The van der Waals surface area contributed by atoms with Gasteiger partial charge in [0.2, 0.25) is 5.91 Å². The lowest BCUT2D eigenvalue weighted by Gasteiger charge is -2.16. The number of hydrogen-bond donors (Lipinski definition) is 2. The van der Waals surface area contributed by atoms with Gasteiger partial charge in [0, 0.05) is 6.42 Å². The fourth-order valence-electron chi connectivity index (χ4n) is 2.58. The van der Waals surface area contributed by atoms with Gasteiger partial charge in [-0.2, -0.15) is 0 Å². The van der Waals surface area contributed by atoms with Crippen LogP contribution in [0.4, 0.5) is 0 Å². The van der Waals surface area contributed by atoms with Crippen LogP contribution in [0.2, 0.25) is 0 Å². The molecule has 0 fully saturated rings. The highest BCUT2D eigenvalue weighted by Gasteiger charge is 2.14. The molecule has 0 radical (unpaired) electrons. The van der Waals surface area contributed by atoms with Crippen LogP contribution in [0.1, 0.15) is 84.5 Å². The van der Waals surface area contributed by atoms with Gasteiger partial charge in [0.1, 0.15) is 6.54 Å². The Balaban J connectivity index is 4.02. The Morgan fingerprint density at radius 3 is 1.86 bits per heavy atom. The number of rotatable bonds is 14. The molecule has 0 unspecified atom stereocenters. The Labute approximate surface area is 129 Å². The van der Waals surface area contributed by atoms with Gasteiger partial charge in [-0.15, -0.1) is 0 Å². The summed E-state index contributed by atoms with van der Waals surface area (Å²) in [4.78, 5) is 22.2. The molecule has 0 aliphatic heterocycles. The zero-order valence-corrected chi connectivity index (χ0v) is 13.8. The number of amides is 1. The summed E-state index contributed by atoms with van der Waals surface area (Å²) in [5, 5.41) is 11.1. The summed E-state index contributed by atoms with van der Waals surface area (Å²) in [6, 6.07) is 0. The zero-order chi connectivity index (χ0) is 15.9. The quantitative estimate of drug-likeness (QED) is 0.474. The minimum atomic E-state index is -0.981. The fraction of sp³-hybridized carbons (Fsp3) is 0.882. The van der Waals surface area contributed by atoms with E-state index < -0.39 is 5.97 Å². The standard InChI is InChI=1S/C17H33NO3/c1-3-5-7-9-11-15(12-10-8-6-4-2)13-16(19)18-14-17(20)21/h15H,3-14H2,1-2H3,(H,18,19)(H,20,21). The Kier molecular flexibility index (Phi) is 13.2. The van der Waals surface area contributed by atoms with Gasteiger partial charge in [0.25, 0.3) is 0 Å². The van der Waals surface area contributed by atoms with Crippen molar-refractivity contribution in [1.29, 1.82) is 0 Å². The van der Waals surface area contributed by atoms with Gasteiger partial charge < -0.3 is 10.4 Å². The molecule has 0 aromatic carbocycles. The van der Waals surface area contributed by atoms with Crippen molar-refractivity contribution >= 4 is 11.9 Å². The van der Waals surface area contributed by atoms with Crippen molar-refractivity contribution in [2.24, 2.45) is 5.92 Å². The first kappa shape index (κ1) is 19.9. The number of carbonyl (C=O) groups excluding carboxylic acids is 1. The Bertz CT molecular complexity index is 267. The third-order valence-corrected chi connectivity index (χ3v) is 3.84. The summed E-state index contributed by atoms with van der Waals surface area (Å²) in [6.45, 7) is 4.13. The molecule has 4 nitrogen and oxygen atoms in total. The maximum Gasteiger partial charge on any atom is 0.322 e. The number of unbranched alkanes of at least 4 members (excludes halogenated alkanes) is 6. The maximum absolute atomic E-state index is 11.8. The third kappa shape index (κ3) is 13.7. The monoisotopic (exact) mass is 299 g/mol. The second-order valence-electron chi connectivity index (χ2n) is 5.94. The Morgan fingerprint density at radius 2 is 1.43 bits per heavy atom. The molecule has 2 N–H and O–H groups in total. The highest BCUT2D eigenvalue weighted by Crippen LogP contribution is 2.21. The van der Waals surface area contributed by atoms with E-state index in [-0.39, 0.29) is 12.5 Å². The van der Waals surface area contributed by atoms with Crippen molar-refractivity contribution in [2.75, 3.05) is 6.54 Å².